The smallest absolute Gasteiger partial charge is 0.338 e. The van der Waals surface area contributed by atoms with Crippen LogP contribution in [0.15, 0.2) is 66.7 Å². The SMILES string of the molecule is CCOC1c2cc(NCc3ccc(C)cc3)ccc2OC(C)(C)C1OC(=O)c1ccc(C)cc1. The van der Waals surface area contributed by atoms with Crippen molar-refractivity contribution in [1.82, 2.24) is 0 Å². The van der Waals surface area contributed by atoms with E-state index in [-0.39, 0.29) is 5.97 Å². The number of aryl methyl sites for hydroxylation is 2. The van der Waals surface area contributed by atoms with E-state index in [1.54, 1.807) is 12.1 Å². The van der Waals surface area contributed by atoms with Crippen LogP contribution in [0.25, 0.3) is 0 Å². The van der Waals surface area contributed by atoms with Crippen molar-refractivity contribution >= 4 is 11.7 Å². The van der Waals surface area contributed by atoms with E-state index < -0.39 is 17.8 Å². The molecule has 2 unspecified atom stereocenters. The van der Waals surface area contributed by atoms with Gasteiger partial charge in [-0.05, 0) is 70.5 Å². The van der Waals surface area contributed by atoms with Crippen molar-refractivity contribution in [1.29, 1.82) is 0 Å². The van der Waals surface area contributed by atoms with Crippen molar-refractivity contribution in [2.75, 3.05) is 11.9 Å². The molecule has 34 heavy (non-hydrogen) atoms. The van der Waals surface area contributed by atoms with Crippen molar-refractivity contribution in [3.63, 3.8) is 0 Å². The van der Waals surface area contributed by atoms with Crippen molar-refractivity contribution in [3.8, 4) is 5.75 Å². The summed E-state index contributed by atoms with van der Waals surface area (Å²) < 4.78 is 18.5. The Hall–Kier alpha value is -3.31. The molecule has 0 bridgehead atoms. The molecule has 0 spiro atoms. The molecule has 1 aliphatic heterocycles. The Kier molecular flexibility index (Phi) is 6.94. The zero-order valence-electron chi connectivity index (χ0n) is 20.6. The van der Waals surface area contributed by atoms with Gasteiger partial charge in [0.2, 0.25) is 0 Å². The highest BCUT2D eigenvalue weighted by Gasteiger charge is 2.47. The van der Waals surface area contributed by atoms with Crippen LogP contribution in [0.3, 0.4) is 0 Å². The second kappa shape index (κ2) is 9.90. The quantitative estimate of drug-likeness (QED) is 0.415. The van der Waals surface area contributed by atoms with Crippen molar-refractivity contribution in [2.45, 2.75) is 59.0 Å². The van der Waals surface area contributed by atoms with E-state index in [1.807, 2.05) is 58.0 Å². The Morgan fingerprint density at radius 1 is 0.971 bits per heavy atom. The van der Waals surface area contributed by atoms with Crippen molar-refractivity contribution in [2.24, 2.45) is 0 Å². The molecule has 1 aliphatic rings. The molecule has 4 rings (SSSR count). The number of benzene rings is 3. The standard InChI is InChI=1S/C29H33NO4/c1-6-32-26-24-17-23(30-18-21-11-7-19(2)8-12-21)15-16-25(24)34-29(4,5)27(26)33-28(31)22-13-9-20(3)10-14-22/h7-17,26-27,30H,6,18H2,1-5H3. The molecule has 178 valence electrons. The summed E-state index contributed by atoms with van der Waals surface area (Å²) in [6.07, 6.45) is -1.06. The van der Waals surface area contributed by atoms with E-state index in [1.165, 1.54) is 11.1 Å². The average Bonchev–Trinajstić information content (AvgIpc) is 2.81. The van der Waals surface area contributed by atoms with Gasteiger partial charge in [-0.15, -0.1) is 0 Å². The molecule has 2 atom stereocenters. The van der Waals surface area contributed by atoms with E-state index in [4.69, 9.17) is 14.2 Å². The van der Waals surface area contributed by atoms with Crippen molar-refractivity contribution < 1.29 is 19.0 Å². The highest BCUT2D eigenvalue weighted by molar-refractivity contribution is 5.89. The average molecular weight is 460 g/mol. The number of carbonyl (C=O) groups excluding carboxylic acids is 1. The van der Waals surface area contributed by atoms with Crippen LogP contribution < -0.4 is 10.1 Å². The van der Waals surface area contributed by atoms with Gasteiger partial charge >= 0.3 is 5.97 Å². The number of nitrogens with one attached hydrogen (secondary N) is 1. The lowest BCUT2D eigenvalue weighted by molar-refractivity contribution is -0.137. The molecule has 0 aromatic heterocycles. The Morgan fingerprint density at radius 3 is 2.26 bits per heavy atom. The number of ether oxygens (including phenoxy) is 3. The second-order valence-electron chi connectivity index (χ2n) is 9.37. The third kappa shape index (κ3) is 5.26. The maximum atomic E-state index is 13.0. The van der Waals surface area contributed by atoms with E-state index >= 15 is 0 Å². The van der Waals surface area contributed by atoms with Gasteiger partial charge in [0.15, 0.2) is 6.10 Å². The predicted octanol–water partition coefficient (Wildman–Crippen LogP) is 6.39. The molecule has 0 aliphatic carbocycles. The number of carbonyl (C=O) groups is 1. The molecule has 1 N–H and O–H groups in total. The fourth-order valence-corrected chi connectivity index (χ4v) is 4.19. The molecule has 0 saturated carbocycles. The first-order chi connectivity index (χ1) is 16.3. The maximum Gasteiger partial charge on any atom is 0.338 e. The molecule has 0 fully saturated rings. The van der Waals surface area contributed by atoms with E-state index in [0.717, 1.165) is 22.6 Å². The van der Waals surface area contributed by atoms with E-state index in [9.17, 15) is 4.79 Å². The third-order valence-electron chi connectivity index (χ3n) is 6.13. The lowest BCUT2D eigenvalue weighted by Crippen LogP contribution is -2.51. The maximum absolute atomic E-state index is 13.0. The van der Waals surface area contributed by atoms with Crippen LogP contribution in [0, 0.1) is 13.8 Å². The molecule has 0 saturated heterocycles. The summed E-state index contributed by atoms with van der Waals surface area (Å²) >= 11 is 0. The van der Waals surface area contributed by atoms with Gasteiger partial charge in [-0.25, -0.2) is 4.79 Å². The van der Waals surface area contributed by atoms with Gasteiger partial charge in [0.25, 0.3) is 0 Å². The minimum Gasteiger partial charge on any atom is -0.483 e. The summed E-state index contributed by atoms with van der Waals surface area (Å²) in [6, 6.07) is 21.8. The van der Waals surface area contributed by atoms with Gasteiger partial charge in [0.1, 0.15) is 17.5 Å². The van der Waals surface area contributed by atoms with Crippen LogP contribution in [-0.4, -0.2) is 24.3 Å². The monoisotopic (exact) mass is 459 g/mol. The largest absolute Gasteiger partial charge is 0.483 e. The molecule has 5 heteroatoms. The van der Waals surface area contributed by atoms with Crippen LogP contribution in [0.2, 0.25) is 0 Å². The van der Waals surface area contributed by atoms with E-state index in [0.29, 0.717) is 18.7 Å². The predicted molar refractivity (Wildman–Crippen MR) is 134 cm³/mol. The molecule has 1 heterocycles. The Balaban J connectivity index is 1.59. The first-order valence-corrected chi connectivity index (χ1v) is 11.8. The molecular formula is C29H33NO4. The lowest BCUT2D eigenvalue weighted by Gasteiger charge is -2.43. The Labute approximate surface area is 202 Å². The highest BCUT2D eigenvalue weighted by atomic mass is 16.6. The summed E-state index contributed by atoms with van der Waals surface area (Å²) in [5.74, 6) is 0.357. The number of hydrogen-bond donors (Lipinski definition) is 1. The minimum absolute atomic E-state index is 0.386. The number of esters is 1. The second-order valence-corrected chi connectivity index (χ2v) is 9.37. The van der Waals surface area contributed by atoms with Crippen molar-refractivity contribution in [3.05, 3.63) is 94.5 Å². The zero-order chi connectivity index (χ0) is 24.3. The number of anilines is 1. The van der Waals surface area contributed by atoms with Gasteiger partial charge < -0.3 is 19.5 Å². The topological polar surface area (TPSA) is 56.8 Å². The van der Waals surface area contributed by atoms with Crippen LogP contribution in [0.1, 0.15) is 59.5 Å². The molecule has 3 aromatic rings. The normalized spacial score (nSPS) is 18.5. The van der Waals surface area contributed by atoms with Gasteiger partial charge in [0.05, 0.1) is 5.56 Å². The molecular weight excluding hydrogens is 426 g/mol. The van der Waals surface area contributed by atoms with Crippen LogP contribution in [0.5, 0.6) is 5.75 Å². The fraction of sp³-hybridized carbons (Fsp3) is 0.345. The zero-order valence-corrected chi connectivity index (χ0v) is 20.6. The Bertz CT molecular complexity index is 1140. The van der Waals surface area contributed by atoms with Gasteiger partial charge in [-0.3, -0.25) is 0 Å². The van der Waals surface area contributed by atoms with E-state index in [2.05, 4.69) is 36.5 Å². The fourth-order valence-electron chi connectivity index (χ4n) is 4.19. The Morgan fingerprint density at radius 2 is 1.62 bits per heavy atom. The van der Waals surface area contributed by atoms with Crippen LogP contribution >= 0.6 is 0 Å². The summed E-state index contributed by atoms with van der Waals surface area (Å²) in [5, 5.41) is 3.48. The first-order valence-electron chi connectivity index (χ1n) is 11.8. The lowest BCUT2D eigenvalue weighted by atomic mass is 9.87. The third-order valence-corrected chi connectivity index (χ3v) is 6.13. The van der Waals surface area contributed by atoms with Gasteiger partial charge in [-0.2, -0.15) is 0 Å². The van der Waals surface area contributed by atoms with Crippen LogP contribution in [0.4, 0.5) is 5.69 Å². The summed E-state index contributed by atoms with van der Waals surface area (Å²) in [4.78, 5) is 13.0. The summed E-state index contributed by atoms with van der Waals surface area (Å²) in [5.41, 5.74) is 5.10. The number of hydrogen-bond acceptors (Lipinski definition) is 5. The van der Waals surface area contributed by atoms with Gasteiger partial charge in [0, 0.05) is 24.4 Å². The molecule has 0 amide bonds. The molecule has 5 nitrogen and oxygen atoms in total. The first kappa shape index (κ1) is 23.8. The number of rotatable bonds is 7. The molecule has 3 aromatic carbocycles. The summed E-state index contributed by atoms with van der Waals surface area (Å²) in [6.45, 7) is 11.1. The van der Waals surface area contributed by atoms with Crippen LogP contribution in [-0.2, 0) is 16.0 Å². The highest BCUT2D eigenvalue weighted by Crippen LogP contribution is 2.44. The summed E-state index contributed by atoms with van der Waals surface area (Å²) in [7, 11) is 0. The van der Waals surface area contributed by atoms with Gasteiger partial charge in [-0.1, -0.05) is 47.5 Å². The minimum atomic E-state index is -0.760. The molecule has 0 radical (unpaired) electrons. The number of fused-ring (bicyclic) bond motifs is 1.